The molecule has 7 heteroatoms. The first-order chi connectivity index (χ1) is 8.34. The second-order valence-corrected chi connectivity index (χ2v) is 6.41. The number of nitrogens with one attached hydrogen (secondary N) is 1. The maximum absolute atomic E-state index is 11.8. The molecule has 0 spiro atoms. The predicted molar refractivity (Wildman–Crippen MR) is 90.1 cm³/mol. The number of hydrogen-bond acceptors (Lipinski definition) is 4. The lowest BCUT2D eigenvalue weighted by molar-refractivity contribution is -0.124. The maximum Gasteiger partial charge on any atom is 0.237 e. The van der Waals surface area contributed by atoms with Gasteiger partial charge in [0.05, 0.1) is 16.7 Å². The molecule has 3 N–H and O–H groups in total. The fourth-order valence-corrected chi connectivity index (χ4v) is 2.22. The van der Waals surface area contributed by atoms with Crippen molar-refractivity contribution in [3.8, 4) is 0 Å². The van der Waals surface area contributed by atoms with Crippen LogP contribution in [0, 0.1) is 5.41 Å². The summed E-state index contributed by atoms with van der Waals surface area (Å²) in [5.41, 5.74) is 6.71. The summed E-state index contributed by atoms with van der Waals surface area (Å²) in [7, 11) is 0. The molecule has 1 aromatic rings. The van der Waals surface area contributed by atoms with Crippen molar-refractivity contribution in [3.63, 3.8) is 0 Å². The van der Waals surface area contributed by atoms with Crippen LogP contribution in [0.5, 0.6) is 0 Å². The topological polar surface area (TPSA) is 68.0 Å². The van der Waals surface area contributed by atoms with Gasteiger partial charge in [0.25, 0.3) is 0 Å². The average molecular weight is 342 g/mol. The molecule has 4 nitrogen and oxygen atoms in total. The number of halogens is 2. The first-order valence-corrected chi connectivity index (χ1v) is 7.19. The van der Waals surface area contributed by atoms with Gasteiger partial charge in [-0.1, -0.05) is 27.7 Å². The highest BCUT2D eigenvalue weighted by Gasteiger charge is 2.26. The van der Waals surface area contributed by atoms with Crippen LogP contribution >= 0.6 is 36.2 Å². The molecule has 20 heavy (non-hydrogen) atoms. The van der Waals surface area contributed by atoms with Crippen LogP contribution in [-0.4, -0.2) is 23.5 Å². The first kappa shape index (κ1) is 21.9. The van der Waals surface area contributed by atoms with Gasteiger partial charge in [0.1, 0.15) is 0 Å². The zero-order valence-corrected chi connectivity index (χ0v) is 14.9. The van der Waals surface area contributed by atoms with Crippen LogP contribution in [0.25, 0.3) is 0 Å². The van der Waals surface area contributed by atoms with E-state index < -0.39 is 6.04 Å². The summed E-state index contributed by atoms with van der Waals surface area (Å²) in [4.78, 5) is 16.2. The van der Waals surface area contributed by atoms with Gasteiger partial charge in [0, 0.05) is 18.3 Å². The largest absolute Gasteiger partial charge is 0.354 e. The Hall–Kier alpha value is -0.360. The number of nitrogens with two attached hydrogens (primary N) is 1. The molecule has 1 amide bonds. The van der Waals surface area contributed by atoms with Gasteiger partial charge in [0.2, 0.25) is 5.91 Å². The van der Waals surface area contributed by atoms with Crippen LogP contribution in [0.3, 0.4) is 0 Å². The minimum atomic E-state index is -0.473. The number of carbonyl (C=O) groups is 1. The number of amides is 1. The summed E-state index contributed by atoms with van der Waals surface area (Å²) in [6.45, 7) is 8.57. The molecular weight excluding hydrogens is 317 g/mol. The second kappa shape index (κ2) is 9.55. The number of aryl methyl sites for hydroxylation is 1. The van der Waals surface area contributed by atoms with Crippen LogP contribution in [0.2, 0.25) is 0 Å². The molecule has 0 aliphatic carbocycles. The average Bonchev–Trinajstić information content (AvgIpc) is 2.74. The van der Waals surface area contributed by atoms with Crippen molar-refractivity contribution in [2.75, 3.05) is 6.54 Å². The molecule has 0 fully saturated rings. The number of carbonyl (C=O) groups excluding carboxylic acids is 1. The van der Waals surface area contributed by atoms with Gasteiger partial charge in [-0.3, -0.25) is 4.79 Å². The minimum absolute atomic E-state index is 0. The van der Waals surface area contributed by atoms with Gasteiger partial charge in [-0.2, -0.15) is 0 Å². The lowest BCUT2D eigenvalue weighted by Gasteiger charge is -2.25. The Kier molecular flexibility index (Phi) is 10.5. The molecule has 0 saturated heterocycles. The number of aromatic nitrogens is 1. The lowest BCUT2D eigenvalue weighted by atomic mass is 9.87. The van der Waals surface area contributed by atoms with Crippen molar-refractivity contribution in [2.24, 2.45) is 11.1 Å². The van der Waals surface area contributed by atoms with Crippen LogP contribution in [-0.2, 0) is 17.6 Å². The summed E-state index contributed by atoms with van der Waals surface area (Å²) in [6.07, 6.45) is 1.73. The summed E-state index contributed by atoms with van der Waals surface area (Å²) in [5.74, 6) is -0.0894. The van der Waals surface area contributed by atoms with E-state index in [1.165, 1.54) is 0 Å². The van der Waals surface area contributed by atoms with E-state index in [9.17, 15) is 4.79 Å². The number of hydrogen-bond donors (Lipinski definition) is 2. The molecule has 0 unspecified atom stereocenters. The fourth-order valence-electron chi connectivity index (χ4n) is 1.44. The molecule has 1 atom stereocenters. The molecule has 0 aromatic carbocycles. The molecule has 0 bridgehead atoms. The number of rotatable bonds is 5. The van der Waals surface area contributed by atoms with E-state index in [-0.39, 0.29) is 36.1 Å². The maximum atomic E-state index is 11.8. The summed E-state index contributed by atoms with van der Waals surface area (Å²) in [5, 5.41) is 6.06. The highest BCUT2D eigenvalue weighted by Crippen LogP contribution is 2.17. The Labute approximate surface area is 137 Å². The first-order valence-electron chi connectivity index (χ1n) is 6.31. The zero-order valence-electron chi connectivity index (χ0n) is 12.4. The van der Waals surface area contributed by atoms with Gasteiger partial charge >= 0.3 is 0 Å². The van der Waals surface area contributed by atoms with E-state index in [0.29, 0.717) is 6.54 Å². The zero-order chi connectivity index (χ0) is 13.8. The van der Waals surface area contributed by atoms with Crippen molar-refractivity contribution >= 4 is 42.1 Å². The monoisotopic (exact) mass is 341 g/mol. The standard InChI is InChI=1S/C13H23N3OS.2ClH/c1-5-10-16-9(8-18-10)6-7-15-12(17)11(14)13(2,3)4;;/h8,11H,5-7,14H2,1-4H3,(H,15,17);2*1H/t11-;;/m1../s1. The van der Waals surface area contributed by atoms with Crippen molar-refractivity contribution in [2.45, 2.75) is 46.6 Å². The molecule has 118 valence electrons. The summed E-state index contributed by atoms with van der Waals surface area (Å²) < 4.78 is 0. The third-order valence-corrected chi connectivity index (χ3v) is 3.84. The lowest BCUT2D eigenvalue weighted by Crippen LogP contribution is -2.49. The van der Waals surface area contributed by atoms with Crippen LogP contribution in [0.4, 0.5) is 0 Å². The third kappa shape index (κ3) is 6.88. The smallest absolute Gasteiger partial charge is 0.237 e. The third-order valence-electron chi connectivity index (χ3n) is 2.80. The van der Waals surface area contributed by atoms with E-state index in [2.05, 4.69) is 22.6 Å². The normalized spacial score (nSPS) is 12.1. The van der Waals surface area contributed by atoms with E-state index >= 15 is 0 Å². The SMILES string of the molecule is CCc1nc(CCNC(=O)[C@@H](N)C(C)(C)C)cs1.Cl.Cl. The second-order valence-electron chi connectivity index (χ2n) is 5.47. The molecule has 0 saturated carbocycles. The van der Waals surface area contributed by atoms with Crippen LogP contribution in [0.1, 0.15) is 38.4 Å². The number of nitrogens with zero attached hydrogens (tertiary/aromatic N) is 1. The van der Waals surface area contributed by atoms with Crippen molar-refractivity contribution < 1.29 is 4.79 Å². The van der Waals surface area contributed by atoms with Gasteiger partial charge in [-0.15, -0.1) is 36.2 Å². The highest BCUT2D eigenvalue weighted by atomic mass is 35.5. The molecule has 0 aliphatic rings. The summed E-state index contributed by atoms with van der Waals surface area (Å²) in [6, 6.07) is -0.473. The molecule has 0 radical (unpaired) electrons. The molecular formula is C13H25Cl2N3OS. The van der Waals surface area contributed by atoms with Crippen molar-refractivity contribution in [1.29, 1.82) is 0 Å². The van der Waals surface area contributed by atoms with Gasteiger partial charge in [-0.05, 0) is 11.8 Å². The van der Waals surface area contributed by atoms with Gasteiger partial charge < -0.3 is 11.1 Å². The molecule has 1 aromatic heterocycles. The van der Waals surface area contributed by atoms with E-state index in [1.54, 1.807) is 11.3 Å². The van der Waals surface area contributed by atoms with Crippen LogP contribution in [0.15, 0.2) is 5.38 Å². The predicted octanol–water partition coefficient (Wildman–Crippen LogP) is 2.58. The van der Waals surface area contributed by atoms with E-state index in [1.807, 2.05) is 20.8 Å². The van der Waals surface area contributed by atoms with E-state index in [4.69, 9.17) is 5.73 Å². The number of thiazole rings is 1. The van der Waals surface area contributed by atoms with Crippen molar-refractivity contribution in [1.82, 2.24) is 10.3 Å². The Morgan fingerprint density at radius 1 is 1.45 bits per heavy atom. The van der Waals surface area contributed by atoms with E-state index in [0.717, 1.165) is 23.5 Å². The Balaban J connectivity index is 0. The van der Waals surface area contributed by atoms with Gasteiger partial charge in [-0.25, -0.2) is 4.98 Å². The molecule has 1 heterocycles. The van der Waals surface area contributed by atoms with Crippen molar-refractivity contribution in [3.05, 3.63) is 16.1 Å². The van der Waals surface area contributed by atoms with Gasteiger partial charge in [0.15, 0.2) is 0 Å². The Morgan fingerprint density at radius 3 is 2.50 bits per heavy atom. The highest BCUT2D eigenvalue weighted by molar-refractivity contribution is 7.09. The molecule has 0 aliphatic heterocycles. The molecule has 1 rings (SSSR count). The fraction of sp³-hybridized carbons (Fsp3) is 0.692. The van der Waals surface area contributed by atoms with Crippen LogP contribution < -0.4 is 11.1 Å². The summed E-state index contributed by atoms with van der Waals surface area (Å²) >= 11 is 1.67. The Bertz CT molecular complexity index is 405. The Morgan fingerprint density at radius 2 is 2.05 bits per heavy atom. The quantitative estimate of drug-likeness (QED) is 0.864. The minimum Gasteiger partial charge on any atom is -0.354 e.